The van der Waals surface area contributed by atoms with Crippen molar-refractivity contribution in [3.8, 4) is 0 Å². The van der Waals surface area contributed by atoms with E-state index in [4.69, 9.17) is 15.6 Å². The number of carbonyl (C=O) groups is 1. The fourth-order valence-corrected chi connectivity index (χ4v) is 2.53. The lowest BCUT2D eigenvalue weighted by Gasteiger charge is -2.26. The van der Waals surface area contributed by atoms with E-state index in [1.807, 2.05) is 0 Å². The van der Waals surface area contributed by atoms with Gasteiger partial charge in [-0.2, -0.15) is 8.42 Å². The zero-order valence-electron chi connectivity index (χ0n) is 11.2. The summed E-state index contributed by atoms with van der Waals surface area (Å²) in [5.74, 6) is -1.15. The van der Waals surface area contributed by atoms with Crippen LogP contribution in [0.15, 0.2) is 0 Å². The maximum atomic E-state index is 11.6. The summed E-state index contributed by atoms with van der Waals surface area (Å²) in [5.41, 5.74) is 5.27. The smallest absolute Gasteiger partial charge is 0.320 e. The molecule has 0 saturated carbocycles. The molecule has 0 aliphatic carbocycles. The monoisotopic (exact) mass is 310 g/mol. The molecular weight excluding hydrogens is 288 g/mol. The molecule has 5 N–H and O–H groups in total. The number of morpholine rings is 1. The molecule has 1 fully saturated rings. The van der Waals surface area contributed by atoms with Gasteiger partial charge in [0.15, 0.2) is 0 Å². The number of hydrogen-bond acceptors (Lipinski definition) is 6. The zero-order valence-corrected chi connectivity index (χ0v) is 12.1. The summed E-state index contributed by atoms with van der Waals surface area (Å²) in [6.45, 7) is 3.81. The minimum absolute atomic E-state index is 0.0135. The third kappa shape index (κ3) is 7.12. The number of aliphatic carboxylic acids is 1. The molecule has 1 aliphatic heterocycles. The summed E-state index contributed by atoms with van der Waals surface area (Å²) < 4.78 is 33.0. The number of rotatable bonds is 9. The van der Waals surface area contributed by atoms with E-state index >= 15 is 0 Å². The summed E-state index contributed by atoms with van der Waals surface area (Å²) in [4.78, 5) is 12.6. The van der Waals surface area contributed by atoms with Crippen LogP contribution in [0.2, 0.25) is 0 Å². The Morgan fingerprint density at radius 3 is 2.50 bits per heavy atom. The van der Waals surface area contributed by atoms with Gasteiger partial charge in [-0.25, -0.2) is 9.44 Å². The van der Waals surface area contributed by atoms with E-state index in [-0.39, 0.29) is 13.0 Å². The Morgan fingerprint density at radius 2 is 1.90 bits per heavy atom. The number of nitrogens with two attached hydrogens (primary N) is 1. The highest BCUT2D eigenvalue weighted by molar-refractivity contribution is 7.87. The lowest BCUT2D eigenvalue weighted by atomic mass is 10.2. The minimum Gasteiger partial charge on any atom is -0.480 e. The molecular formula is C10H22N4O5S. The van der Waals surface area contributed by atoms with Crippen LogP contribution in [0.25, 0.3) is 0 Å². The Morgan fingerprint density at radius 1 is 1.30 bits per heavy atom. The Balaban J connectivity index is 2.15. The molecule has 10 heteroatoms. The molecule has 1 unspecified atom stereocenters. The van der Waals surface area contributed by atoms with Gasteiger partial charge in [-0.05, 0) is 6.42 Å². The second-order valence-electron chi connectivity index (χ2n) is 4.48. The van der Waals surface area contributed by atoms with E-state index in [0.29, 0.717) is 26.3 Å². The van der Waals surface area contributed by atoms with Crippen molar-refractivity contribution in [2.75, 3.05) is 45.9 Å². The summed E-state index contributed by atoms with van der Waals surface area (Å²) in [5, 5.41) is 8.56. The average Bonchev–Trinajstić information content (AvgIpc) is 2.39. The van der Waals surface area contributed by atoms with Crippen molar-refractivity contribution in [2.45, 2.75) is 12.5 Å². The third-order valence-corrected chi connectivity index (χ3v) is 4.06. The molecule has 0 aromatic rings. The highest BCUT2D eigenvalue weighted by atomic mass is 32.2. The number of nitrogens with one attached hydrogen (secondary N) is 2. The van der Waals surface area contributed by atoms with Crippen LogP contribution < -0.4 is 15.2 Å². The van der Waals surface area contributed by atoms with Gasteiger partial charge in [0.25, 0.3) is 10.2 Å². The van der Waals surface area contributed by atoms with Crippen LogP contribution in [0.1, 0.15) is 6.42 Å². The second-order valence-corrected chi connectivity index (χ2v) is 6.06. The number of ether oxygens (including phenoxy) is 1. The SMILES string of the molecule is NC(CCNS(=O)(=O)NCCN1CCOCC1)C(=O)O. The van der Waals surface area contributed by atoms with E-state index < -0.39 is 22.2 Å². The molecule has 0 radical (unpaired) electrons. The predicted molar refractivity (Wildman–Crippen MR) is 72.4 cm³/mol. The Hall–Kier alpha value is -0.780. The normalized spacial score (nSPS) is 18.9. The quantitative estimate of drug-likeness (QED) is 0.371. The van der Waals surface area contributed by atoms with Crippen molar-refractivity contribution in [1.82, 2.24) is 14.3 Å². The van der Waals surface area contributed by atoms with Gasteiger partial charge >= 0.3 is 5.97 Å². The number of hydrogen-bond donors (Lipinski definition) is 4. The molecule has 9 nitrogen and oxygen atoms in total. The highest BCUT2D eigenvalue weighted by Gasteiger charge is 2.15. The molecule has 0 aromatic heterocycles. The first kappa shape index (κ1) is 17.3. The van der Waals surface area contributed by atoms with Crippen molar-refractivity contribution < 1.29 is 23.1 Å². The van der Waals surface area contributed by atoms with Gasteiger partial charge in [0, 0.05) is 32.7 Å². The molecule has 0 spiro atoms. The summed E-state index contributed by atoms with van der Waals surface area (Å²) >= 11 is 0. The third-order valence-electron chi connectivity index (χ3n) is 2.89. The topological polar surface area (TPSA) is 134 Å². The summed E-state index contributed by atoms with van der Waals surface area (Å²) in [6, 6.07) is -1.06. The largest absolute Gasteiger partial charge is 0.480 e. The highest BCUT2D eigenvalue weighted by Crippen LogP contribution is 1.95. The first-order valence-corrected chi connectivity index (χ1v) is 7.92. The van der Waals surface area contributed by atoms with E-state index in [2.05, 4.69) is 14.3 Å². The van der Waals surface area contributed by atoms with Gasteiger partial charge < -0.3 is 15.6 Å². The van der Waals surface area contributed by atoms with Crippen LogP contribution in [-0.2, 0) is 19.7 Å². The van der Waals surface area contributed by atoms with Gasteiger partial charge in [-0.1, -0.05) is 0 Å². The van der Waals surface area contributed by atoms with Crippen LogP contribution in [0.4, 0.5) is 0 Å². The van der Waals surface area contributed by atoms with E-state index in [1.165, 1.54) is 0 Å². The fourth-order valence-electron chi connectivity index (χ4n) is 1.69. The van der Waals surface area contributed by atoms with Gasteiger partial charge in [-0.3, -0.25) is 9.69 Å². The Bertz CT molecular complexity index is 396. The van der Waals surface area contributed by atoms with Crippen molar-refractivity contribution in [3.05, 3.63) is 0 Å². The van der Waals surface area contributed by atoms with Gasteiger partial charge in [-0.15, -0.1) is 0 Å². The minimum atomic E-state index is -3.61. The molecule has 118 valence electrons. The molecule has 1 saturated heterocycles. The Kier molecular flexibility index (Phi) is 7.34. The molecule has 1 heterocycles. The lowest BCUT2D eigenvalue weighted by molar-refractivity contribution is -0.138. The van der Waals surface area contributed by atoms with Crippen LogP contribution in [0.3, 0.4) is 0 Å². The van der Waals surface area contributed by atoms with Crippen molar-refractivity contribution in [2.24, 2.45) is 5.73 Å². The average molecular weight is 310 g/mol. The van der Waals surface area contributed by atoms with Gasteiger partial charge in [0.2, 0.25) is 0 Å². The molecule has 20 heavy (non-hydrogen) atoms. The lowest BCUT2D eigenvalue weighted by Crippen LogP contribution is -2.45. The zero-order chi connectivity index (χ0) is 15.0. The van der Waals surface area contributed by atoms with Gasteiger partial charge in [0.05, 0.1) is 13.2 Å². The van der Waals surface area contributed by atoms with Crippen LogP contribution in [0.5, 0.6) is 0 Å². The first-order chi connectivity index (χ1) is 9.41. The first-order valence-electron chi connectivity index (χ1n) is 6.43. The van der Waals surface area contributed by atoms with Gasteiger partial charge in [0.1, 0.15) is 6.04 Å². The maximum absolute atomic E-state index is 11.6. The number of carboxylic acid groups (broad SMARTS) is 1. The fraction of sp³-hybridized carbons (Fsp3) is 0.900. The standard InChI is InChI=1S/C10H22N4O5S/c11-9(10(15)16)1-2-12-20(17,18)13-3-4-14-5-7-19-8-6-14/h9,12-13H,1-8,11H2,(H,15,16). The second kappa shape index (κ2) is 8.49. The van der Waals surface area contributed by atoms with Crippen LogP contribution in [-0.4, -0.2) is 76.4 Å². The number of nitrogens with zero attached hydrogens (tertiary/aromatic N) is 1. The molecule has 0 amide bonds. The van der Waals surface area contributed by atoms with E-state index in [9.17, 15) is 13.2 Å². The van der Waals surface area contributed by atoms with Crippen LogP contribution >= 0.6 is 0 Å². The molecule has 1 rings (SSSR count). The van der Waals surface area contributed by atoms with E-state index in [0.717, 1.165) is 13.1 Å². The van der Waals surface area contributed by atoms with E-state index in [1.54, 1.807) is 0 Å². The molecule has 0 bridgehead atoms. The number of carboxylic acids is 1. The summed E-state index contributed by atoms with van der Waals surface area (Å²) in [6.07, 6.45) is 0.0414. The van der Waals surface area contributed by atoms with Crippen LogP contribution in [0, 0.1) is 0 Å². The van der Waals surface area contributed by atoms with Crippen molar-refractivity contribution in [3.63, 3.8) is 0 Å². The maximum Gasteiger partial charge on any atom is 0.320 e. The molecule has 0 aromatic carbocycles. The Labute approximate surface area is 118 Å². The molecule has 1 atom stereocenters. The predicted octanol–water partition coefficient (Wildman–Crippen LogP) is -2.46. The summed E-state index contributed by atoms with van der Waals surface area (Å²) in [7, 11) is -3.61. The van der Waals surface area contributed by atoms with Crippen molar-refractivity contribution >= 4 is 16.2 Å². The molecule has 1 aliphatic rings. The van der Waals surface area contributed by atoms with Crippen molar-refractivity contribution in [1.29, 1.82) is 0 Å².